The van der Waals surface area contributed by atoms with Crippen molar-refractivity contribution in [2.24, 2.45) is 7.05 Å². The van der Waals surface area contributed by atoms with Crippen LogP contribution in [0.5, 0.6) is 0 Å². The molecule has 0 aliphatic rings. The van der Waals surface area contributed by atoms with Crippen molar-refractivity contribution in [3.05, 3.63) is 59.2 Å². The molecule has 2 heterocycles. The number of nitrogens with zero attached hydrogens (tertiary/aromatic N) is 3. The van der Waals surface area contributed by atoms with Gasteiger partial charge in [0.05, 0.1) is 22.3 Å². The molecule has 162 valence electrons. The van der Waals surface area contributed by atoms with Gasteiger partial charge in [0.15, 0.2) is 0 Å². The molecule has 2 aromatic heterocycles. The molecular weight excluding hydrogens is 434 g/mol. The zero-order valence-corrected chi connectivity index (χ0v) is 19.2. The minimum absolute atomic E-state index is 0.192. The number of sulfonamides is 1. The molecule has 9 heteroatoms. The maximum Gasteiger partial charge on any atom is 0.306 e. The van der Waals surface area contributed by atoms with Gasteiger partial charge in [-0.15, -0.1) is 11.3 Å². The number of hydrogen-bond donors (Lipinski definition) is 0. The summed E-state index contributed by atoms with van der Waals surface area (Å²) in [5.74, 6) is 0.408. The molecule has 0 fully saturated rings. The second-order valence-corrected chi connectivity index (χ2v) is 10.5. The molecule has 0 radical (unpaired) electrons. The summed E-state index contributed by atoms with van der Waals surface area (Å²) < 4.78 is 34.4. The predicted molar refractivity (Wildman–Crippen MR) is 122 cm³/mol. The fourth-order valence-corrected chi connectivity index (χ4v) is 5.28. The molecule has 0 amide bonds. The van der Waals surface area contributed by atoms with Crippen molar-refractivity contribution < 1.29 is 17.9 Å². The summed E-state index contributed by atoms with van der Waals surface area (Å²) in [6, 6.07) is 12.9. The molecule has 0 saturated heterocycles. The molecule has 4 rings (SSSR count). The van der Waals surface area contributed by atoms with Crippen molar-refractivity contribution >= 4 is 48.4 Å². The molecule has 0 atom stereocenters. The van der Waals surface area contributed by atoms with E-state index < -0.39 is 10.0 Å². The van der Waals surface area contributed by atoms with Crippen molar-refractivity contribution in [1.82, 2.24) is 13.9 Å². The number of carbonyl (C=O) groups is 1. The molecule has 2 aromatic carbocycles. The Hall–Kier alpha value is -2.75. The van der Waals surface area contributed by atoms with E-state index in [1.165, 1.54) is 23.1 Å². The molecular formula is C22H23N3O4S2. The van der Waals surface area contributed by atoms with Crippen molar-refractivity contribution in [3.63, 3.8) is 0 Å². The Bertz CT molecular complexity index is 1370. The van der Waals surface area contributed by atoms with Crippen molar-refractivity contribution in [3.8, 4) is 0 Å². The molecule has 0 spiro atoms. The van der Waals surface area contributed by atoms with E-state index in [4.69, 9.17) is 4.74 Å². The highest BCUT2D eigenvalue weighted by molar-refractivity contribution is 7.89. The van der Waals surface area contributed by atoms with E-state index in [2.05, 4.69) is 4.98 Å². The quantitative estimate of drug-likeness (QED) is 0.395. The summed E-state index contributed by atoms with van der Waals surface area (Å²) in [7, 11) is 1.31. The van der Waals surface area contributed by atoms with Gasteiger partial charge in [-0.2, -0.15) is 0 Å². The zero-order valence-electron chi connectivity index (χ0n) is 17.5. The third-order valence-corrected chi connectivity index (χ3v) is 8.05. The molecule has 4 aromatic rings. The van der Waals surface area contributed by atoms with Crippen LogP contribution in [0.2, 0.25) is 0 Å². The van der Waals surface area contributed by atoms with Crippen LogP contribution in [0.25, 0.3) is 21.1 Å². The van der Waals surface area contributed by atoms with Gasteiger partial charge in [0.2, 0.25) is 10.0 Å². The molecule has 0 unspecified atom stereocenters. The standard InChI is InChI=1S/C22H23N3O4S2/c1-24(2)31(27,28)16-8-9-19-18(12-16)23-21(25(19)3)10-11-22(26)29-13-15-14-30-20-7-5-4-6-17(15)20/h4-9,12,14H,10-11,13H2,1-3H3. The van der Waals surface area contributed by atoms with Gasteiger partial charge in [-0.1, -0.05) is 18.2 Å². The first-order valence-corrected chi connectivity index (χ1v) is 12.1. The van der Waals surface area contributed by atoms with Gasteiger partial charge in [0.25, 0.3) is 0 Å². The number of thiophene rings is 1. The number of ether oxygens (including phenoxy) is 1. The van der Waals surface area contributed by atoms with E-state index in [9.17, 15) is 13.2 Å². The minimum atomic E-state index is -3.53. The van der Waals surface area contributed by atoms with E-state index in [1.54, 1.807) is 29.5 Å². The summed E-state index contributed by atoms with van der Waals surface area (Å²) in [5.41, 5.74) is 2.40. The summed E-state index contributed by atoms with van der Waals surface area (Å²) in [5, 5.41) is 3.13. The van der Waals surface area contributed by atoms with Gasteiger partial charge in [0, 0.05) is 37.8 Å². The average Bonchev–Trinajstić information content (AvgIpc) is 3.31. The van der Waals surface area contributed by atoms with Crippen molar-refractivity contribution in [2.45, 2.75) is 24.3 Å². The molecule has 31 heavy (non-hydrogen) atoms. The van der Waals surface area contributed by atoms with Crippen LogP contribution in [-0.4, -0.2) is 42.3 Å². The van der Waals surface area contributed by atoms with Crippen LogP contribution in [0.1, 0.15) is 17.8 Å². The first-order valence-electron chi connectivity index (χ1n) is 9.76. The highest BCUT2D eigenvalue weighted by atomic mass is 32.2. The molecule has 0 saturated carbocycles. The highest BCUT2D eigenvalue weighted by Crippen LogP contribution is 2.26. The SMILES string of the molecule is CN(C)S(=O)(=O)c1ccc2c(c1)nc(CCC(=O)OCc1csc3ccccc13)n2C. The molecule has 0 aliphatic carbocycles. The van der Waals surface area contributed by atoms with Crippen LogP contribution >= 0.6 is 11.3 Å². The normalized spacial score (nSPS) is 12.1. The van der Waals surface area contributed by atoms with Crippen molar-refractivity contribution in [2.75, 3.05) is 14.1 Å². The zero-order chi connectivity index (χ0) is 22.2. The highest BCUT2D eigenvalue weighted by Gasteiger charge is 2.19. The predicted octanol–water partition coefficient (Wildman–Crippen LogP) is 3.71. The number of benzene rings is 2. The third-order valence-electron chi connectivity index (χ3n) is 5.23. The smallest absolute Gasteiger partial charge is 0.306 e. The lowest BCUT2D eigenvalue weighted by Gasteiger charge is -2.10. The van der Waals surface area contributed by atoms with Gasteiger partial charge in [-0.3, -0.25) is 4.79 Å². The third kappa shape index (κ3) is 4.21. The first kappa shape index (κ1) is 21.5. The lowest BCUT2D eigenvalue weighted by molar-refractivity contribution is -0.144. The van der Waals surface area contributed by atoms with Gasteiger partial charge < -0.3 is 9.30 Å². The number of hydrogen-bond acceptors (Lipinski definition) is 6. The number of imidazole rings is 1. The van der Waals surface area contributed by atoms with Gasteiger partial charge in [-0.25, -0.2) is 17.7 Å². The Labute approximate surface area is 184 Å². The van der Waals surface area contributed by atoms with Crippen LogP contribution in [-0.2, 0) is 39.6 Å². The van der Waals surface area contributed by atoms with Crippen LogP contribution in [0.15, 0.2) is 52.7 Å². The molecule has 0 bridgehead atoms. The lowest BCUT2D eigenvalue weighted by atomic mass is 10.2. The Kier molecular flexibility index (Phi) is 5.83. The average molecular weight is 458 g/mol. The minimum Gasteiger partial charge on any atom is -0.461 e. The summed E-state index contributed by atoms with van der Waals surface area (Å²) >= 11 is 1.63. The molecule has 7 nitrogen and oxygen atoms in total. The number of fused-ring (bicyclic) bond motifs is 2. The van der Waals surface area contributed by atoms with Crippen LogP contribution < -0.4 is 0 Å². The Morgan fingerprint density at radius 2 is 1.97 bits per heavy atom. The Morgan fingerprint density at radius 3 is 2.74 bits per heavy atom. The van der Waals surface area contributed by atoms with Crippen molar-refractivity contribution in [1.29, 1.82) is 0 Å². The van der Waals surface area contributed by atoms with Gasteiger partial charge >= 0.3 is 5.97 Å². The topological polar surface area (TPSA) is 81.5 Å². The van der Waals surface area contributed by atoms with E-state index in [0.717, 1.165) is 16.5 Å². The van der Waals surface area contributed by atoms with Crippen LogP contribution in [0.3, 0.4) is 0 Å². The maximum absolute atomic E-state index is 12.4. The van der Waals surface area contributed by atoms with Crippen LogP contribution in [0.4, 0.5) is 0 Å². The van der Waals surface area contributed by atoms with E-state index in [-0.39, 0.29) is 23.9 Å². The summed E-state index contributed by atoms with van der Waals surface area (Å²) in [6.07, 6.45) is 0.603. The Morgan fingerprint density at radius 1 is 1.19 bits per heavy atom. The number of aromatic nitrogens is 2. The lowest BCUT2D eigenvalue weighted by Crippen LogP contribution is -2.22. The monoisotopic (exact) mass is 457 g/mol. The second kappa shape index (κ2) is 8.41. The van der Waals surface area contributed by atoms with Gasteiger partial charge in [0.1, 0.15) is 12.4 Å². The summed E-state index contributed by atoms with van der Waals surface area (Å²) in [6.45, 7) is 0.247. The number of carbonyl (C=O) groups excluding carboxylic acids is 1. The van der Waals surface area contributed by atoms with E-state index in [1.807, 2.05) is 41.3 Å². The molecule has 0 aliphatic heterocycles. The summed E-state index contributed by atoms with van der Waals surface area (Å²) in [4.78, 5) is 17.0. The first-order chi connectivity index (χ1) is 14.8. The number of aryl methyl sites for hydroxylation is 2. The second-order valence-electron chi connectivity index (χ2n) is 7.44. The van der Waals surface area contributed by atoms with Gasteiger partial charge in [-0.05, 0) is 35.0 Å². The molecule has 0 N–H and O–H groups in total. The largest absolute Gasteiger partial charge is 0.461 e. The fourth-order valence-electron chi connectivity index (χ4n) is 3.41. The number of esters is 1. The Balaban J connectivity index is 1.43. The number of rotatable bonds is 7. The van der Waals surface area contributed by atoms with E-state index in [0.29, 0.717) is 17.8 Å². The fraction of sp³-hybridized carbons (Fsp3) is 0.273. The maximum atomic E-state index is 12.4. The van der Waals surface area contributed by atoms with E-state index >= 15 is 0 Å². The van der Waals surface area contributed by atoms with Crippen LogP contribution in [0, 0.1) is 0 Å².